The van der Waals surface area contributed by atoms with Crippen LogP contribution in [-0.2, 0) is 10.1 Å². The second-order valence-corrected chi connectivity index (χ2v) is 8.52. The van der Waals surface area contributed by atoms with Gasteiger partial charge in [0.25, 0.3) is 0 Å². The van der Waals surface area contributed by atoms with Gasteiger partial charge in [0.15, 0.2) is 0 Å². The van der Waals surface area contributed by atoms with Gasteiger partial charge in [-0.1, -0.05) is 77.6 Å². The molecule has 0 aromatic carbocycles. The quantitative estimate of drug-likeness (QED) is 0.254. The second kappa shape index (κ2) is 17.3. The van der Waals surface area contributed by atoms with Crippen LogP contribution in [0.3, 0.4) is 0 Å². The zero-order valence-corrected chi connectivity index (χ0v) is 19.0. The molecule has 6 heteroatoms. The van der Waals surface area contributed by atoms with Crippen LogP contribution in [0.1, 0.15) is 104 Å². The number of hydrogen-bond acceptors (Lipinski definition) is 4. The monoisotopic (exact) mass is 372 g/mol. The molecule has 140 valence electrons. The van der Waals surface area contributed by atoms with Crippen LogP contribution in [0.15, 0.2) is 0 Å². The van der Waals surface area contributed by atoms with Gasteiger partial charge in [-0.25, -0.2) is 8.42 Å². The van der Waals surface area contributed by atoms with Crippen LogP contribution >= 0.6 is 0 Å². The van der Waals surface area contributed by atoms with Gasteiger partial charge >= 0.3 is 29.6 Å². The molecule has 0 heterocycles. The van der Waals surface area contributed by atoms with Crippen LogP contribution in [0.5, 0.6) is 0 Å². The van der Waals surface area contributed by atoms with Gasteiger partial charge < -0.3 is 9.66 Å². The molecule has 0 fully saturated rings. The molecule has 0 saturated carbocycles. The van der Waals surface area contributed by atoms with Crippen LogP contribution < -0.4 is 29.6 Å². The summed E-state index contributed by atoms with van der Waals surface area (Å²) < 4.78 is 34.1. The molecule has 0 saturated heterocycles. The molecule has 0 radical (unpaired) electrons. The summed E-state index contributed by atoms with van der Waals surface area (Å²) in [6.07, 6.45) is 13.2. The van der Waals surface area contributed by atoms with E-state index >= 15 is 0 Å². The van der Waals surface area contributed by atoms with Crippen molar-refractivity contribution in [2.75, 3.05) is 0 Å². The maximum Gasteiger partial charge on any atom is 1.00 e. The van der Waals surface area contributed by atoms with E-state index in [2.05, 4.69) is 6.92 Å². The minimum Gasteiger partial charge on any atom is -0.748 e. The molecular weight excluding hydrogens is 335 g/mol. The van der Waals surface area contributed by atoms with Crippen LogP contribution in [0.25, 0.3) is 0 Å². The van der Waals surface area contributed by atoms with Crippen molar-refractivity contribution in [3.05, 3.63) is 0 Å². The Morgan fingerprint density at radius 3 is 1.54 bits per heavy atom. The normalized spacial score (nSPS) is 14.2. The summed E-state index contributed by atoms with van der Waals surface area (Å²) in [4.78, 5) is 0. The Morgan fingerprint density at radius 1 is 0.792 bits per heavy atom. The summed E-state index contributed by atoms with van der Waals surface area (Å²) in [6.45, 7) is 3.97. The molecule has 4 nitrogen and oxygen atoms in total. The minimum atomic E-state index is -4.15. The van der Waals surface area contributed by atoms with Crippen LogP contribution in [0.2, 0.25) is 0 Å². The van der Waals surface area contributed by atoms with Crippen molar-refractivity contribution in [3.63, 3.8) is 0 Å². The predicted octanol–water partition coefficient (Wildman–Crippen LogP) is 1.77. The van der Waals surface area contributed by atoms with Gasteiger partial charge in [0, 0.05) is 5.25 Å². The predicted molar refractivity (Wildman–Crippen MR) is 95.5 cm³/mol. The molecule has 2 atom stereocenters. The summed E-state index contributed by atoms with van der Waals surface area (Å²) in [5.41, 5.74) is 0. The Kier molecular flexibility index (Phi) is 19.5. The zero-order chi connectivity index (χ0) is 17.6. The van der Waals surface area contributed by atoms with E-state index in [4.69, 9.17) is 5.11 Å². The zero-order valence-electron chi connectivity index (χ0n) is 16.1. The molecule has 0 spiro atoms. The Hall–Kier alpha value is 0.870. The standard InChI is InChI=1S/C18H38O4S.Na/c1-3-4-5-6-9-12-15-18(23(20,21)22)16-13-10-7-8-11-14-17(2)19;/h17-19H,3-16H2,1-2H3,(H,20,21,22);/q;+1/p-1. The molecule has 0 bridgehead atoms. The van der Waals surface area contributed by atoms with E-state index in [9.17, 15) is 13.0 Å². The Labute approximate surface area is 172 Å². The average Bonchev–Trinajstić information content (AvgIpc) is 2.46. The summed E-state index contributed by atoms with van der Waals surface area (Å²) in [5, 5.41) is 8.48. The van der Waals surface area contributed by atoms with Gasteiger partial charge in [-0.05, 0) is 26.2 Å². The van der Waals surface area contributed by atoms with Crippen molar-refractivity contribution >= 4 is 10.1 Å². The summed E-state index contributed by atoms with van der Waals surface area (Å²) in [6, 6.07) is 0. The van der Waals surface area contributed by atoms with Crippen molar-refractivity contribution < 1.29 is 47.6 Å². The number of unbranched alkanes of at least 4 members (excludes halogenated alkanes) is 9. The van der Waals surface area contributed by atoms with Gasteiger partial charge in [0.2, 0.25) is 0 Å². The molecule has 0 rings (SSSR count). The molecule has 0 aliphatic heterocycles. The molecule has 0 aliphatic carbocycles. The van der Waals surface area contributed by atoms with Crippen molar-refractivity contribution in [2.24, 2.45) is 0 Å². The van der Waals surface area contributed by atoms with Crippen molar-refractivity contribution in [2.45, 2.75) is 115 Å². The van der Waals surface area contributed by atoms with E-state index in [-0.39, 0.29) is 35.7 Å². The first-order chi connectivity index (χ1) is 10.9. The molecule has 2 unspecified atom stereocenters. The average molecular weight is 373 g/mol. The third-order valence-electron chi connectivity index (χ3n) is 4.44. The van der Waals surface area contributed by atoms with Crippen LogP contribution in [0.4, 0.5) is 0 Å². The fourth-order valence-electron chi connectivity index (χ4n) is 2.93. The molecule has 0 aromatic heterocycles. The Morgan fingerprint density at radius 2 is 1.17 bits per heavy atom. The first-order valence-corrected chi connectivity index (χ1v) is 11.0. The smallest absolute Gasteiger partial charge is 0.748 e. The summed E-state index contributed by atoms with van der Waals surface area (Å²) >= 11 is 0. The van der Waals surface area contributed by atoms with E-state index in [1.54, 1.807) is 6.92 Å². The van der Waals surface area contributed by atoms with Crippen molar-refractivity contribution in [3.8, 4) is 0 Å². The van der Waals surface area contributed by atoms with E-state index in [0.717, 1.165) is 57.8 Å². The first kappa shape index (κ1) is 27.1. The van der Waals surface area contributed by atoms with Crippen LogP contribution in [0, 0.1) is 0 Å². The summed E-state index contributed by atoms with van der Waals surface area (Å²) in [5.74, 6) is 0. The minimum absolute atomic E-state index is 0. The van der Waals surface area contributed by atoms with E-state index in [0.29, 0.717) is 12.8 Å². The van der Waals surface area contributed by atoms with E-state index in [1.807, 2.05) is 0 Å². The SMILES string of the molecule is CCCCCCCCC(CCCCCCCC(C)O)S(=O)(=O)[O-].[Na+]. The summed E-state index contributed by atoms with van der Waals surface area (Å²) in [7, 11) is -4.15. The van der Waals surface area contributed by atoms with Gasteiger partial charge in [0.05, 0.1) is 16.2 Å². The van der Waals surface area contributed by atoms with Gasteiger partial charge in [-0.15, -0.1) is 0 Å². The van der Waals surface area contributed by atoms with Crippen molar-refractivity contribution in [1.29, 1.82) is 0 Å². The van der Waals surface area contributed by atoms with Gasteiger partial charge in [-0.2, -0.15) is 0 Å². The molecule has 0 aliphatic rings. The van der Waals surface area contributed by atoms with E-state index < -0.39 is 15.4 Å². The number of aliphatic hydroxyl groups excluding tert-OH is 1. The molecule has 1 N–H and O–H groups in total. The topological polar surface area (TPSA) is 77.4 Å². The van der Waals surface area contributed by atoms with Gasteiger partial charge in [0.1, 0.15) is 0 Å². The fourth-order valence-corrected chi connectivity index (χ4v) is 3.84. The fraction of sp³-hybridized carbons (Fsp3) is 1.00. The maximum absolute atomic E-state index is 11.4. The van der Waals surface area contributed by atoms with E-state index in [1.165, 1.54) is 19.3 Å². The Bertz CT molecular complexity index is 358. The first-order valence-electron chi connectivity index (χ1n) is 9.50. The maximum atomic E-state index is 11.4. The molecule has 0 aromatic rings. The molecule has 0 amide bonds. The third kappa shape index (κ3) is 17.7. The van der Waals surface area contributed by atoms with Gasteiger partial charge in [-0.3, -0.25) is 0 Å². The molecular formula is C18H37NaO4S. The number of hydrogen-bond donors (Lipinski definition) is 1. The van der Waals surface area contributed by atoms with Crippen molar-refractivity contribution in [1.82, 2.24) is 0 Å². The number of rotatable bonds is 16. The largest absolute Gasteiger partial charge is 1.00 e. The second-order valence-electron chi connectivity index (χ2n) is 6.87. The van der Waals surface area contributed by atoms with Crippen LogP contribution in [-0.4, -0.2) is 29.4 Å². The Balaban J connectivity index is 0. The third-order valence-corrected chi connectivity index (χ3v) is 5.72. The molecule has 24 heavy (non-hydrogen) atoms. The number of aliphatic hydroxyl groups is 1.